The molecule has 3 aromatic rings. The van der Waals surface area contributed by atoms with Crippen molar-refractivity contribution in [3.05, 3.63) is 94.0 Å². The largest absolute Gasteiger partial charge is 0.304 e. The van der Waals surface area contributed by atoms with Crippen LogP contribution in [0.2, 0.25) is 10.0 Å². The van der Waals surface area contributed by atoms with E-state index < -0.39 is 4.87 Å². The Labute approximate surface area is 188 Å². The summed E-state index contributed by atoms with van der Waals surface area (Å²) in [5, 5.41) is 0.742. The van der Waals surface area contributed by atoms with Crippen LogP contribution >= 0.6 is 35.0 Å². The second-order valence-corrected chi connectivity index (χ2v) is 9.14. The van der Waals surface area contributed by atoms with Gasteiger partial charge in [-0.15, -0.1) is 11.8 Å². The summed E-state index contributed by atoms with van der Waals surface area (Å²) < 4.78 is 0. The summed E-state index contributed by atoms with van der Waals surface area (Å²) in [6.07, 6.45) is 0. The van der Waals surface area contributed by atoms with Crippen LogP contribution in [0.4, 0.5) is 11.4 Å². The summed E-state index contributed by atoms with van der Waals surface area (Å²) >= 11 is 13.7. The molecule has 1 atom stereocenters. The fourth-order valence-corrected chi connectivity index (χ4v) is 5.75. The van der Waals surface area contributed by atoms with Gasteiger partial charge in [0.15, 0.2) is 0 Å². The van der Waals surface area contributed by atoms with Gasteiger partial charge in [0, 0.05) is 11.3 Å². The van der Waals surface area contributed by atoms with Crippen molar-refractivity contribution >= 4 is 58.2 Å². The molecule has 3 aromatic carbocycles. The van der Waals surface area contributed by atoms with Crippen LogP contribution in [-0.4, -0.2) is 17.6 Å². The maximum absolute atomic E-state index is 13.9. The molecule has 0 bridgehead atoms. The first kappa shape index (κ1) is 19.5. The Morgan fingerprint density at radius 3 is 2.40 bits per heavy atom. The number of hydrogen-bond acceptors (Lipinski definition) is 3. The average molecular weight is 455 g/mol. The van der Waals surface area contributed by atoms with E-state index in [1.54, 1.807) is 28.0 Å². The van der Waals surface area contributed by atoms with Crippen LogP contribution in [0.1, 0.15) is 11.1 Å². The highest BCUT2D eigenvalue weighted by Gasteiger charge is 2.60. The Bertz CT molecular complexity index is 1170. The van der Waals surface area contributed by atoms with Crippen molar-refractivity contribution in [3.63, 3.8) is 0 Å². The Morgan fingerprint density at radius 2 is 1.63 bits per heavy atom. The van der Waals surface area contributed by atoms with Gasteiger partial charge >= 0.3 is 0 Å². The van der Waals surface area contributed by atoms with E-state index in [-0.39, 0.29) is 17.6 Å². The Morgan fingerprint density at radius 1 is 0.900 bits per heavy atom. The molecule has 2 heterocycles. The highest BCUT2D eigenvalue weighted by atomic mass is 35.5. The molecule has 1 fully saturated rings. The molecule has 0 saturated carbocycles. The summed E-state index contributed by atoms with van der Waals surface area (Å²) in [5.41, 5.74) is 3.21. The number of rotatable bonds is 3. The predicted octanol–water partition coefficient (Wildman–Crippen LogP) is 5.47. The number of amides is 2. The molecule has 2 amide bonds. The number of hydrogen-bond donors (Lipinski definition) is 0. The number of para-hydroxylation sites is 1. The normalized spacial score (nSPS) is 20.3. The third-order valence-corrected chi connectivity index (χ3v) is 7.53. The van der Waals surface area contributed by atoms with Crippen LogP contribution in [0, 0.1) is 0 Å². The number of benzene rings is 3. The summed E-state index contributed by atoms with van der Waals surface area (Å²) in [7, 11) is 0. The highest BCUT2D eigenvalue weighted by molar-refractivity contribution is 8.02. The first-order valence-electron chi connectivity index (χ1n) is 9.40. The van der Waals surface area contributed by atoms with Crippen LogP contribution in [0.3, 0.4) is 0 Å². The van der Waals surface area contributed by atoms with Crippen LogP contribution < -0.4 is 9.80 Å². The van der Waals surface area contributed by atoms with Gasteiger partial charge < -0.3 is 4.90 Å². The van der Waals surface area contributed by atoms with Gasteiger partial charge in [-0.3, -0.25) is 14.5 Å². The van der Waals surface area contributed by atoms with Gasteiger partial charge in [-0.25, -0.2) is 0 Å². The zero-order valence-electron chi connectivity index (χ0n) is 15.7. The van der Waals surface area contributed by atoms with Crippen LogP contribution in [0.25, 0.3) is 0 Å². The maximum Gasteiger partial charge on any atom is 0.269 e. The smallest absolute Gasteiger partial charge is 0.269 e. The van der Waals surface area contributed by atoms with Gasteiger partial charge in [-0.05, 0) is 29.8 Å². The van der Waals surface area contributed by atoms with Crippen molar-refractivity contribution in [3.8, 4) is 0 Å². The van der Waals surface area contributed by atoms with E-state index in [2.05, 4.69) is 0 Å². The standard InChI is InChI=1S/C23H16Cl2N2O2S/c24-18-11-10-16(12-19(18)25)27-21(28)14-30-23(27)17-8-4-5-9-20(17)26(22(23)29)13-15-6-2-1-3-7-15/h1-12H,13-14H2. The van der Waals surface area contributed by atoms with E-state index in [0.29, 0.717) is 22.3 Å². The molecular weight excluding hydrogens is 439 g/mol. The molecule has 7 heteroatoms. The van der Waals surface area contributed by atoms with Gasteiger partial charge in [0.25, 0.3) is 5.91 Å². The molecule has 0 radical (unpaired) electrons. The number of halogens is 2. The molecular formula is C23H16Cl2N2O2S. The fourth-order valence-electron chi connectivity index (χ4n) is 4.10. The first-order chi connectivity index (χ1) is 14.5. The molecule has 1 unspecified atom stereocenters. The summed E-state index contributed by atoms with van der Waals surface area (Å²) in [6, 6.07) is 22.5. The molecule has 2 aliphatic heterocycles. The minimum absolute atomic E-state index is 0.130. The monoisotopic (exact) mass is 454 g/mol. The Hall–Kier alpha value is -2.47. The third kappa shape index (κ3) is 2.84. The highest BCUT2D eigenvalue weighted by Crippen LogP contribution is 2.56. The molecule has 1 spiro atoms. The van der Waals surface area contributed by atoms with E-state index >= 15 is 0 Å². The number of carbonyl (C=O) groups excluding carboxylic acids is 2. The van der Waals surface area contributed by atoms with Gasteiger partial charge in [-0.1, -0.05) is 71.7 Å². The quantitative estimate of drug-likeness (QED) is 0.526. The van der Waals surface area contributed by atoms with E-state index in [0.717, 1.165) is 16.8 Å². The minimum Gasteiger partial charge on any atom is -0.304 e. The van der Waals surface area contributed by atoms with E-state index in [9.17, 15) is 9.59 Å². The molecule has 4 nitrogen and oxygen atoms in total. The van der Waals surface area contributed by atoms with Crippen LogP contribution in [-0.2, 0) is 21.0 Å². The molecule has 0 N–H and O–H groups in total. The number of fused-ring (bicyclic) bond motifs is 2. The van der Waals surface area contributed by atoms with Crippen molar-refractivity contribution in [2.45, 2.75) is 11.4 Å². The average Bonchev–Trinajstić information content (AvgIpc) is 3.22. The third-order valence-electron chi connectivity index (χ3n) is 5.41. The SMILES string of the molecule is O=C1CSC2(C(=O)N(Cc3ccccc3)c3ccccc32)N1c1ccc(Cl)c(Cl)c1. The van der Waals surface area contributed by atoms with E-state index in [1.165, 1.54) is 11.8 Å². The zero-order chi connectivity index (χ0) is 20.9. The van der Waals surface area contributed by atoms with Gasteiger partial charge in [0.05, 0.1) is 28.0 Å². The molecule has 5 rings (SSSR count). The van der Waals surface area contributed by atoms with E-state index in [4.69, 9.17) is 23.2 Å². The summed E-state index contributed by atoms with van der Waals surface area (Å²) in [5.74, 6) is -0.0583. The topological polar surface area (TPSA) is 40.6 Å². The molecule has 150 valence electrons. The predicted molar refractivity (Wildman–Crippen MR) is 122 cm³/mol. The van der Waals surface area contributed by atoms with Crippen molar-refractivity contribution in [2.24, 2.45) is 0 Å². The lowest BCUT2D eigenvalue weighted by Crippen LogP contribution is -2.49. The van der Waals surface area contributed by atoms with E-state index in [1.807, 2.05) is 54.6 Å². The summed E-state index contributed by atoms with van der Waals surface area (Å²) in [6.45, 7) is 0.433. The number of carbonyl (C=O) groups is 2. The minimum atomic E-state index is -1.15. The number of nitrogens with zero attached hydrogens (tertiary/aromatic N) is 2. The molecule has 30 heavy (non-hydrogen) atoms. The number of thioether (sulfide) groups is 1. The Kier molecular flexibility index (Phi) is 4.77. The zero-order valence-corrected chi connectivity index (χ0v) is 18.0. The second kappa shape index (κ2) is 7.34. The van der Waals surface area contributed by atoms with Crippen molar-refractivity contribution in [1.29, 1.82) is 0 Å². The van der Waals surface area contributed by atoms with Crippen LogP contribution in [0.15, 0.2) is 72.8 Å². The van der Waals surface area contributed by atoms with Crippen molar-refractivity contribution < 1.29 is 9.59 Å². The van der Waals surface area contributed by atoms with Gasteiger partial charge in [-0.2, -0.15) is 0 Å². The van der Waals surface area contributed by atoms with Crippen LogP contribution in [0.5, 0.6) is 0 Å². The molecule has 2 aliphatic rings. The lowest BCUT2D eigenvalue weighted by atomic mass is 10.0. The maximum atomic E-state index is 13.9. The molecule has 1 saturated heterocycles. The van der Waals surface area contributed by atoms with Gasteiger partial charge in [0.2, 0.25) is 10.8 Å². The fraction of sp³-hybridized carbons (Fsp3) is 0.130. The van der Waals surface area contributed by atoms with Crippen molar-refractivity contribution in [1.82, 2.24) is 0 Å². The molecule has 0 aliphatic carbocycles. The lowest BCUT2D eigenvalue weighted by molar-refractivity contribution is -0.123. The Balaban J connectivity index is 1.66. The second-order valence-electron chi connectivity index (χ2n) is 7.15. The van der Waals surface area contributed by atoms with Crippen molar-refractivity contribution in [2.75, 3.05) is 15.6 Å². The molecule has 0 aromatic heterocycles. The first-order valence-corrected chi connectivity index (χ1v) is 11.1. The summed E-state index contributed by atoms with van der Waals surface area (Å²) in [4.78, 5) is 29.1. The van der Waals surface area contributed by atoms with Gasteiger partial charge in [0.1, 0.15) is 0 Å². The number of anilines is 2. The lowest BCUT2D eigenvalue weighted by Gasteiger charge is -2.33.